The van der Waals surface area contributed by atoms with Gasteiger partial charge >= 0.3 is 0 Å². The third-order valence-electron chi connectivity index (χ3n) is 1.76. The van der Waals surface area contributed by atoms with Crippen LogP contribution in [0.1, 0.15) is 6.92 Å². The number of carbonyl (C=O) groups excluding carboxylic acids is 1. The molecule has 1 fully saturated rings. The lowest BCUT2D eigenvalue weighted by molar-refractivity contribution is -0.275. The van der Waals surface area contributed by atoms with Gasteiger partial charge in [-0.1, -0.05) is 12.7 Å². The molecule has 1 saturated heterocycles. The van der Waals surface area contributed by atoms with Crippen molar-refractivity contribution in [3.8, 4) is 0 Å². The topological polar surface area (TPSA) is 56.7 Å². The van der Waals surface area contributed by atoms with Crippen molar-refractivity contribution in [2.75, 3.05) is 0 Å². The van der Waals surface area contributed by atoms with E-state index in [1.165, 1.54) is 11.9 Å². The SMILES string of the molecule is C=CC=C1NSC(C)C(=O)C1=C[NH3+]. The van der Waals surface area contributed by atoms with E-state index in [4.69, 9.17) is 0 Å². The van der Waals surface area contributed by atoms with Crippen LogP contribution in [0.5, 0.6) is 0 Å². The highest BCUT2D eigenvalue weighted by Gasteiger charge is 2.27. The molecule has 0 aromatic carbocycles. The van der Waals surface area contributed by atoms with E-state index in [-0.39, 0.29) is 11.0 Å². The number of hydrogen-bond donors (Lipinski definition) is 2. The number of Topliss-reactive ketones (excluding diaryl/α,β-unsaturated/α-hetero) is 1. The molecule has 1 unspecified atom stereocenters. The predicted molar refractivity (Wildman–Crippen MR) is 54.4 cm³/mol. The van der Waals surface area contributed by atoms with Crippen molar-refractivity contribution < 1.29 is 10.5 Å². The zero-order chi connectivity index (χ0) is 9.84. The number of rotatable bonds is 1. The fraction of sp³-hybridized carbons (Fsp3) is 0.222. The van der Waals surface area contributed by atoms with Crippen LogP contribution >= 0.6 is 11.9 Å². The Balaban J connectivity index is 2.98. The molecule has 0 aliphatic carbocycles. The van der Waals surface area contributed by atoms with Crippen LogP contribution in [0, 0.1) is 0 Å². The number of ketones is 1. The first-order chi connectivity index (χ1) is 6.20. The van der Waals surface area contributed by atoms with Crippen LogP contribution in [0.4, 0.5) is 0 Å². The molecule has 0 bridgehead atoms. The van der Waals surface area contributed by atoms with E-state index in [0.29, 0.717) is 5.57 Å². The second kappa shape index (κ2) is 4.30. The molecule has 1 aliphatic rings. The molecule has 0 aromatic heterocycles. The second-order valence-electron chi connectivity index (χ2n) is 2.66. The summed E-state index contributed by atoms with van der Waals surface area (Å²) in [5.41, 5.74) is 5.05. The molecule has 0 aromatic rings. The van der Waals surface area contributed by atoms with E-state index in [2.05, 4.69) is 17.0 Å². The lowest BCUT2D eigenvalue weighted by atomic mass is 10.1. The maximum Gasteiger partial charge on any atom is 0.184 e. The molecule has 1 heterocycles. The fourth-order valence-corrected chi connectivity index (χ4v) is 1.78. The molecule has 1 atom stereocenters. The molecule has 0 amide bonds. The Labute approximate surface area is 81.9 Å². The van der Waals surface area contributed by atoms with Gasteiger partial charge in [-0.15, -0.1) is 0 Å². The van der Waals surface area contributed by atoms with Gasteiger partial charge in [0.25, 0.3) is 0 Å². The summed E-state index contributed by atoms with van der Waals surface area (Å²) < 4.78 is 3.08. The van der Waals surface area contributed by atoms with Gasteiger partial charge in [0.05, 0.1) is 16.5 Å². The summed E-state index contributed by atoms with van der Waals surface area (Å²) in [7, 11) is 0. The molecule has 0 saturated carbocycles. The molecule has 1 aliphatic heterocycles. The van der Waals surface area contributed by atoms with Gasteiger partial charge in [-0.3, -0.25) is 4.79 Å². The van der Waals surface area contributed by atoms with Crippen LogP contribution in [0.25, 0.3) is 0 Å². The summed E-state index contributed by atoms with van der Waals surface area (Å²) in [6.07, 6.45) is 5.00. The molecule has 3 nitrogen and oxygen atoms in total. The summed E-state index contributed by atoms with van der Waals surface area (Å²) in [6, 6.07) is 0. The zero-order valence-corrected chi connectivity index (χ0v) is 8.36. The Morgan fingerprint density at radius 2 is 2.38 bits per heavy atom. The van der Waals surface area contributed by atoms with Gasteiger partial charge in [0.15, 0.2) is 5.78 Å². The minimum Gasteiger partial charge on any atom is -0.331 e. The van der Waals surface area contributed by atoms with Crippen LogP contribution < -0.4 is 10.5 Å². The average molecular weight is 197 g/mol. The highest BCUT2D eigenvalue weighted by atomic mass is 32.2. The smallest absolute Gasteiger partial charge is 0.184 e. The van der Waals surface area contributed by atoms with Gasteiger partial charge in [-0.25, -0.2) is 0 Å². The molecule has 4 heteroatoms. The average Bonchev–Trinajstić information content (AvgIpc) is 2.12. The number of allylic oxidation sites excluding steroid dienone is 3. The third-order valence-corrected chi connectivity index (χ3v) is 2.66. The highest BCUT2D eigenvalue weighted by molar-refractivity contribution is 7.99. The normalized spacial score (nSPS) is 29.1. The van der Waals surface area contributed by atoms with Crippen molar-refractivity contribution >= 4 is 17.7 Å². The summed E-state index contributed by atoms with van der Waals surface area (Å²) >= 11 is 1.41. The summed E-state index contributed by atoms with van der Waals surface area (Å²) in [4.78, 5) is 11.6. The first kappa shape index (κ1) is 10.1. The van der Waals surface area contributed by atoms with Crippen molar-refractivity contribution in [3.63, 3.8) is 0 Å². The minimum atomic E-state index is -0.0463. The van der Waals surface area contributed by atoms with Crippen molar-refractivity contribution in [3.05, 3.63) is 36.2 Å². The van der Waals surface area contributed by atoms with Crippen LogP contribution in [-0.4, -0.2) is 11.0 Å². The molecule has 4 N–H and O–H groups in total. The first-order valence-corrected chi connectivity index (χ1v) is 4.87. The molecule has 13 heavy (non-hydrogen) atoms. The second-order valence-corrected chi connectivity index (χ2v) is 3.81. The van der Waals surface area contributed by atoms with Crippen LogP contribution in [0.2, 0.25) is 0 Å². The lowest BCUT2D eigenvalue weighted by Gasteiger charge is -2.21. The van der Waals surface area contributed by atoms with E-state index in [1.54, 1.807) is 18.4 Å². The first-order valence-electron chi connectivity index (χ1n) is 3.99. The van der Waals surface area contributed by atoms with Gasteiger partial charge in [0.2, 0.25) is 0 Å². The standard InChI is InChI=1S/C9H12N2OS/c1-3-4-8-7(5-10)9(12)6(2)13-11-8/h3-6,11H,1,10H2,2H3/p+1. The van der Waals surface area contributed by atoms with Crippen molar-refractivity contribution in [1.82, 2.24) is 4.72 Å². The summed E-state index contributed by atoms with van der Waals surface area (Å²) in [5.74, 6) is 0.117. The maximum atomic E-state index is 11.6. The largest absolute Gasteiger partial charge is 0.331 e. The van der Waals surface area contributed by atoms with Crippen LogP contribution in [0.3, 0.4) is 0 Å². The van der Waals surface area contributed by atoms with Gasteiger partial charge in [0.1, 0.15) is 6.20 Å². The Morgan fingerprint density at radius 1 is 1.69 bits per heavy atom. The third kappa shape index (κ3) is 2.02. The van der Waals surface area contributed by atoms with Gasteiger partial charge in [-0.2, -0.15) is 0 Å². The maximum absolute atomic E-state index is 11.6. The summed E-state index contributed by atoms with van der Waals surface area (Å²) in [5, 5.41) is -0.0463. The van der Waals surface area contributed by atoms with Crippen molar-refractivity contribution in [1.29, 1.82) is 0 Å². The van der Waals surface area contributed by atoms with Crippen LogP contribution in [0.15, 0.2) is 36.2 Å². The number of carbonyl (C=O) groups is 1. The molecular formula is C9H13N2OS+. The van der Waals surface area contributed by atoms with E-state index in [9.17, 15) is 4.79 Å². The zero-order valence-electron chi connectivity index (χ0n) is 7.54. The van der Waals surface area contributed by atoms with Gasteiger partial charge < -0.3 is 10.5 Å². The van der Waals surface area contributed by atoms with E-state index >= 15 is 0 Å². The van der Waals surface area contributed by atoms with E-state index < -0.39 is 0 Å². The molecule has 0 spiro atoms. The Morgan fingerprint density at radius 3 is 2.92 bits per heavy atom. The minimum absolute atomic E-state index is 0.0463. The predicted octanol–water partition coefficient (Wildman–Crippen LogP) is 0.391. The highest BCUT2D eigenvalue weighted by Crippen LogP contribution is 2.24. The van der Waals surface area contributed by atoms with E-state index in [0.717, 1.165) is 5.70 Å². The van der Waals surface area contributed by atoms with Crippen LogP contribution in [-0.2, 0) is 4.79 Å². The number of quaternary nitrogens is 1. The number of hydrogen-bond acceptors (Lipinski definition) is 3. The molecular weight excluding hydrogens is 184 g/mol. The molecule has 0 radical (unpaired) electrons. The molecule has 70 valence electrons. The Bertz CT molecular complexity index is 294. The molecule has 1 rings (SSSR count). The summed E-state index contributed by atoms with van der Waals surface area (Å²) in [6.45, 7) is 5.45. The quantitative estimate of drug-likeness (QED) is 0.472. The van der Waals surface area contributed by atoms with Gasteiger partial charge in [-0.05, 0) is 24.9 Å². The monoisotopic (exact) mass is 197 g/mol. The van der Waals surface area contributed by atoms with E-state index in [1.807, 2.05) is 6.92 Å². The Hall–Kier alpha value is -1.00. The van der Waals surface area contributed by atoms with Gasteiger partial charge in [0, 0.05) is 0 Å². The van der Waals surface area contributed by atoms with Crippen molar-refractivity contribution in [2.24, 2.45) is 0 Å². The fourth-order valence-electron chi connectivity index (χ4n) is 1.06. The van der Waals surface area contributed by atoms with Crippen molar-refractivity contribution in [2.45, 2.75) is 12.2 Å². The lowest BCUT2D eigenvalue weighted by Crippen LogP contribution is -2.43. The number of nitrogens with one attached hydrogen (secondary N) is 1. The Kier molecular flexibility index (Phi) is 3.33.